The number of halogens is 3. The zero-order valence-electron chi connectivity index (χ0n) is 19.2. The number of aromatic nitrogens is 3. The molecule has 0 amide bonds. The van der Waals surface area contributed by atoms with Crippen LogP contribution >= 0.6 is 11.8 Å². The third-order valence-electron chi connectivity index (χ3n) is 8.51. The zero-order chi connectivity index (χ0) is 23.0. The van der Waals surface area contributed by atoms with E-state index in [2.05, 4.69) is 35.5 Å². The molecular weight excluding hydrogens is 445 g/mol. The minimum absolute atomic E-state index is 0.162. The van der Waals surface area contributed by atoms with Crippen LogP contribution in [0.5, 0.6) is 0 Å². The number of alkyl halides is 3. The predicted octanol–water partition coefficient (Wildman–Crippen LogP) is 5.87. The molecule has 0 aromatic carbocycles. The van der Waals surface area contributed by atoms with Crippen molar-refractivity contribution >= 4 is 11.8 Å². The van der Waals surface area contributed by atoms with Crippen LogP contribution in [0.25, 0.3) is 11.4 Å². The van der Waals surface area contributed by atoms with Gasteiger partial charge in [0.05, 0.1) is 5.69 Å². The van der Waals surface area contributed by atoms with Gasteiger partial charge in [0.1, 0.15) is 11.4 Å². The SMILES string of the molecule is CC(C)n1nc(-c2cccc(C(F)(F)F)n2)cc1C1C2CC(N3CCC4(CC3)CSC4)CC21. The molecule has 0 bridgehead atoms. The fraction of sp³-hybridized carbons (Fsp3) is 0.680. The molecule has 2 unspecified atom stereocenters. The summed E-state index contributed by atoms with van der Waals surface area (Å²) in [6, 6.07) is 6.93. The third-order valence-corrected chi connectivity index (χ3v) is 10.1. The molecule has 1 spiro atoms. The summed E-state index contributed by atoms with van der Waals surface area (Å²) in [5.41, 5.74) is 1.81. The predicted molar refractivity (Wildman–Crippen MR) is 124 cm³/mol. The Labute approximate surface area is 197 Å². The van der Waals surface area contributed by atoms with Gasteiger partial charge in [0.15, 0.2) is 0 Å². The third kappa shape index (κ3) is 3.81. The maximum atomic E-state index is 13.2. The summed E-state index contributed by atoms with van der Waals surface area (Å²) in [5, 5.41) is 4.71. The van der Waals surface area contributed by atoms with Crippen LogP contribution in [0.2, 0.25) is 0 Å². The summed E-state index contributed by atoms with van der Waals surface area (Å²) in [6.07, 6.45) is 0.772. The van der Waals surface area contributed by atoms with Crippen LogP contribution in [0, 0.1) is 17.3 Å². The van der Waals surface area contributed by atoms with Gasteiger partial charge in [-0.3, -0.25) is 4.68 Å². The molecule has 8 heteroatoms. The van der Waals surface area contributed by atoms with E-state index in [1.807, 2.05) is 10.7 Å². The van der Waals surface area contributed by atoms with Gasteiger partial charge in [-0.2, -0.15) is 30.0 Å². The minimum Gasteiger partial charge on any atom is -0.300 e. The highest BCUT2D eigenvalue weighted by Gasteiger charge is 2.59. The normalized spacial score (nSPS) is 31.1. The Morgan fingerprint density at radius 3 is 2.33 bits per heavy atom. The van der Waals surface area contributed by atoms with Crippen molar-refractivity contribution in [2.24, 2.45) is 17.3 Å². The second-order valence-electron chi connectivity index (χ2n) is 10.9. The van der Waals surface area contributed by atoms with Crippen LogP contribution < -0.4 is 0 Å². The number of pyridine rings is 1. The average Bonchev–Trinajstić information content (AvgIpc) is 3.12. The van der Waals surface area contributed by atoms with Gasteiger partial charge in [-0.15, -0.1) is 0 Å². The second-order valence-corrected chi connectivity index (χ2v) is 11.9. The lowest BCUT2D eigenvalue weighted by Crippen LogP contribution is -2.49. The molecule has 2 aliphatic heterocycles. The van der Waals surface area contributed by atoms with Crippen LogP contribution in [0.15, 0.2) is 24.3 Å². The molecule has 2 atom stereocenters. The van der Waals surface area contributed by atoms with Crippen LogP contribution in [0.1, 0.15) is 62.9 Å². The highest BCUT2D eigenvalue weighted by molar-refractivity contribution is 8.00. The van der Waals surface area contributed by atoms with Crippen molar-refractivity contribution in [1.82, 2.24) is 19.7 Å². The number of nitrogens with zero attached hydrogens (tertiary/aromatic N) is 4. The quantitative estimate of drug-likeness (QED) is 0.553. The maximum absolute atomic E-state index is 13.2. The van der Waals surface area contributed by atoms with Gasteiger partial charge in [0, 0.05) is 23.7 Å². The van der Waals surface area contributed by atoms with E-state index in [9.17, 15) is 13.2 Å². The Balaban J connectivity index is 1.17. The fourth-order valence-electron chi connectivity index (χ4n) is 6.52. The molecule has 2 saturated heterocycles. The molecule has 4 aliphatic rings. The number of rotatable bonds is 4. The van der Waals surface area contributed by atoms with Crippen molar-refractivity contribution in [2.75, 3.05) is 24.6 Å². The van der Waals surface area contributed by atoms with E-state index < -0.39 is 11.9 Å². The summed E-state index contributed by atoms with van der Waals surface area (Å²) in [5.74, 6) is 4.57. The number of hydrogen-bond donors (Lipinski definition) is 0. The number of thioether (sulfide) groups is 1. The van der Waals surface area contributed by atoms with Crippen LogP contribution in [-0.4, -0.2) is 50.3 Å². The fourth-order valence-corrected chi connectivity index (χ4v) is 7.88. The van der Waals surface area contributed by atoms with Crippen molar-refractivity contribution in [3.8, 4) is 11.4 Å². The smallest absolute Gasteiger partial charge is 0.300 e. The molecule has 0 N–H and O–H groups in total. The van der Waals surface area contributed by atoms with Gasteiger partial charge in [0.25, 0.3) is 0 Å². The summed E-state index contributed by atoms with van der Waals surface area (Å²) in [4.78, 5) is 6.61. The Morgan fingerprint density at radius 1 is 1.06 bits per heavy atom. The first kappa shape index (κ1) is 22.0. The van der Waals surface area contributed by atoms with Crippen LogP contribution in [-0.2, 0) is 6.18 Å². The standard InChI is InChI=1S/C25H31F3N4S/c1-15(2)32-21(12-20(30-32)19-4-3-5-22(29-19)25(26,27)28)23-17-10-16(11-18(17)23)31-8-6-24(7-9-31)13-33-14-24/h3-5,12,15-18,23H,6-11,13-14H2,1-2H3. The maximum Gasteiger partial charge on any atom is 0.433 e. The number of piperidine rings is 1. The molecule has 4 nitrogen and oxygen atoms in total. The Kier molecular flexibility index (Phi) is 5.15. The Morgan fingerprint density at radius 2 is 1.76 bits per heavy atom. The lowest BCUT2D eigenvalue weighted by atomic mass is 9.80. The minimum atomic E-state index is -4.45. The second kappa shape index (κ2) is 7.74. The van der Waals surface area contributed by atoms with Crippen LogP contribution in [0.4, 0.5) is 13.2 Å². The van der Waals surface area contributed by atoms with E-state index in [-0.39, 0.29) is 6.04 Å². The molecular formula is C25H31F3N4S. The molecule has 178 valence electrons. The molecule has 4 fully saturated rings. The molecule has 2 aromatic rings. The van der Waals surface area contributed by atoms with E-state index in [0.29, 0.717) is 40.6 Å². The molecule has 33 heavy (non-hydrogen) atoms. The lowest BCUT2D eigenvalue weighted by molar-refractivity contribution is -0.141. The number of likely N-dealkylation sites (tertiary alicyclic amines) is 1. The molecule has 2 aromatic heterocycles. The largest absolute Gasteiger partial charge is 0.433 e. The molecule has 2 aliphatic carbocycles. The van der Waals surface area contributed by atoms with Crippen molar-refractivity contribution in [3.63, 3.8) is 0 Å². The van der Waals surface area contributed by atoms with Gasteiger partial charge in [-0.1, -0.05) is 6.07 Å². The van der Waals surface area contributed by atoms with Crippen LogP contribution in [0.3, 0.4) is 0 Å². The first-order valence-electron chi connectivity index (χ1n) is 12.2. The highest BCUT2D eigenvalue weighted by atomic mass is 32.2. The first-order chi connectivity index (χ1) is 15.7. The Hall–Kier alpha value is -1.54. The molecule has 6 rings (SSSR count). The van der Waals surface area contributed by atoms with Crippen molar-refractivity contribution < 1.29 is 13.2 Å². The first-order valence-corrected chi connectivity index (χ1v) is 13.4. The molecule has 2 saturated carbocycles. The average molecular weight is 477 g/mol. The summed E-state index contributed by atoms with van der Waals surface area (Å²) < 4.78 is 41.5. The lowest BCUT2D eigenvalue weighted by Gasteiger charge is -2.49. The van der Waals surface area contributed by atoms with Crippen molar-refractivity contribution in [3.05, 3.63) is 35.7 Å². The Bertz CT molecular complexity index is 1020. The van der Waals surface area contributed by atoms with Gasteiger partial charge in [0.2, 0.25) is 0 Å². The van der Waals surface area contributed by atoms with Gasteiger partial charge in [-0.25, -0.2) is 4.98 Å². The number of hydrogen-bond acceptors (Lipinski definition) is 4. The van der Waals surface area contributed by atoms with E-state index in [1.54, 1.807) is 6.07 Å². The van der Waals surface area contributed by atoms with Gasteiger partial charge >= 0.3 is 6.18 Å². The van der Waals surface area contributed by atoms with E-state index >= 15 is 0 Å². The zero-order valence-corrected chi connectivity index (χ0v) is 20.0. The summed E-state index contributed by atoms with van der Waals surface area (Å²) in [7, 11) is 0. The summed E-state index contributed by atoms with van der Waals surface area (Å²) in [6.45, 7) is 6.68. The molecule has 0 radical (unpaired) electrons. The van der Waals surface area contributed by atoms with Gasteiger partial charge in [-0.05, 0) is 99.6 Å². The highest BCUT2D eigenvalue weighted by Crippen LogP contribution is 2.64. The van der Waals surface area contributed by atoms with Gasteiger partial charge < -0.3 is 4.90 Å². The van der Waals surface area contributed by atoms with Crippen molar-refractivity contribution in [1.29, 1.82) is 0 Å². The van der Waals surface area contributed by atoms with Crippen molar-refractivity contribution in [2.45, 2.75) is 63.7 Å². The molecule has 4 heterocycles. The summed E-state index contributed by atoms with van der Waals surface area (Å²) >= 11 is 2.10. The topological polar surface area (TPSA) is 34.0 Å². The number of fused-ring (bicyclic) bond motifs is 1. The van der Waals surface area contributed by atoms with E-state index in [1.165, 1.54) is 62.0 Å². The van der Waals surface area contributed by atoms with E-state index in [0.717, 1.165) is 6.07 Å². The van der Waals surface area contributed by atoms with E-state index in [4.69, 9.17) is 5.10 Å². The monoisotopic (exact) mass is 476 g/mol.